The van der Waals surface area contributed by atoms with Crippen molar-refractivity contribution in [3.05, 3.63) is 59.2 Å². The number of methoxy groups -OCH3 is 1. The monoisotopic (exact) mass is 270 g/mol. The van der Waals surface area contributed by atoms with E-state index in [0.717, 1.165) is 16.9 Å². The molecule has 0 saturated heterocycles. The molecule has 4 heteroatoms. The van der Waals surface area contributed by atoms with Crippen molar-refractivity contribution in [1.82, 2.24) is 4.98 Å². The van der Waals surface area contributed by atoms with Gasteiger partial charge in [0.15, 0.2) is 0 Å². The summed E-state index contributed by atoms with van der Waals surface area (Å²) >= 11 is 1.71. The number of nitrogens with zero attached hydrogens (tertiary/aromatic N) is 1. The highest BCUT2D eigenvalue weighted by Crippen LogP contribution is 2.33. The molecule has 0 bridgehead atoms. The minimum Gasteiger partial charge on any atom is -0.495 e. The van der Waals surface area contributed by atoms with Crippen LogP contribution in [-0.4, -0.2) is 12.1 Å². The fourth-order valence-electron chi connectivity index (χ4n) is 2.25. The summed E-state index contributed by atoms with van der Waals surface area (Å²) in [6, 6.07) is 10.0. The predicted octanol–water partition coefficient (Wildman–Crippen LogP) is 3.35. The van der Waals surface area contributed by atoms with E-state index in [2.05, 4.69) is 28.6 Å². The van der Waals surface area contributed by atoms with Crippen LogP contribution in [-0.2, 0) is 0 Å². The van der Waals surface area contributed by atoms with Gasteiger partial charge in [0.05, 0.1) is 19.3 Å². The summed E-state index contributed by atoms with van der Waals surface area (Å²) < 4.78 is 6.57. The number of fused-ring (bicyclic) bond motifs is 1. The number of hydrogen-bond acceptors (Lipinski definition) is 4. The number of thiophene rings is 1. The summed E-state index contributed by atoms with van der Waals surface area (Å²) in [4.78, 5) is 4.07. The molecule has 0 aliphatic rings. The molecule has 96 valence electrons. The van der Waals surface area contributed by atoms with E-state index >= 15 is 0 Å². The van der Waals surface area contributed by atoms with E-state index in [9.17, 15) is 0 Å². The van der Waals surface area contributed by atoms with Crippen LogP contribution in [0.15, 0.2) is 48.1 Å². The van der Waals surface area contributed by atoms with Gasteiger partial charge in [-0.25, -0.2) is 0 Å². The van der Waals surface area contributed by atoms with Crippen molar-refractivity contribution in [2.24, 2.45) is 5.73 Å². The quantitative estimate of drug-likeness (QED) is 0.794. The van der Waals surface area contributed by atoms with Gasteiger partial charge in [-0.15, -0.1) is 11.3 Å². The SMILES string of the molecule is COc1cnccc1C(N)c1cccc2ccsc12. The summed E-state index contributed by atoms with van der Waals surface area (Å²) in [5.41, 5.74) is 8.50. The van der Waals surface area contributed by atoms with Crippen LogP contribution in [0.25, 0.3) is 10.1 Å². The Bertz CT molecular complexity index is 708. The third-order valence-corrected chi connectivity index (χ3v) is 4.20. The summed E-state index contributed by atoms with van der Waals surface area (Å²) in [7, 11) is 1.64. The maximum Gasteiger partial charge on any atom is 0.142 e. The van der Waals surface area contributed by atoms with Gasteiger partial charge < -0.3 is 10.5 Å². The lowest BCUT2D eigenvalue weighted by Crippen LogP contribution is -2.13. The molecule has 0 aliphatic heterocycles. The van der Waals surface area contributed by atoms with Crippen LogP contribution in [0.1, 0.15) is 17.2 Å². The molecule has 19 heavy (non-hydrogen) atoms. The Morgan fingerprint density at radius 1 is 1.21 bits per heavy atom. The Hall–Kier alpha value is -1.91. The van der Waals surface area contributed by atoms with Crippen LogP contribution in [0.5, 0.6) is 5.75 Å². The van der Waals surface area contributed by atoms with E-state index in [4.69, 9.17) is 10.5 Å². The average molecular weight is 270 g/mol. The number of hydrogen-bond donors (Lipinski definition) is 1. The Labute approximate surface area is 115 Å². The van der Waals surface area contributed by atoms with Gasteiger partial charge in [0.1, 0.15) is 5.75 Å². The Morgan fingerprint density at radius 2 is 2.11 bits per heavy atom. The van der Waals surface area contributed by atoms with Crippen LogP contribution in [0.3, 0.4) is 0 Å². The normalized spacial score (nSPS) is 12.5. The molecule has 2 N–H and O–H groups in total. The molecular weight excluding hydrogens is 256 g/mol. The van der Waals surface area contributed by atoms with Gasteiger partial charge in [-0.1, -0.05) is 18.2 Å². The van der Waals surface area contributed by atoms with Crippen molar-refractivity contribution in [2.75, 3.05) is 7.11 Å². The first kappa shape index (κ1) is 12.1. The highest BCUT2D eigenvalue weighted by molar-refractivity contribution is 7.17. The van der Waals surface area contributed by atoms with E-state index in [1.165, 1.54) is 10.1 Å². The van der Waals surface area contributed by atoms with Crippen molar-refractivity contribution in [2.45, 2.75) is 6.04 Å². The molecular formula is C15H14N2OS. The predicted molar refractivity (Wildman–Crippen MR) is 78.6 cm³/mol. The largest absolute Gasteiger partial charge is 0.495 e. The summed E-state index contributed by atoms with van der Waals surface area (Å²) in [6.07, 6.45) is 3.44. The second-order valence-electron chi connectivity index (χ2n) is 4.28. The third-order valence-electron chi connectivity index (χ3n) is 3.22. The summed E-state index contributed by atoms with van der Waals surface area (Å²) in [6.45, 7) is 0. The lowest BCUT2D eigenvalue weighted by atomic mass is 9.99. The second kappa shape index (κ2) is 4.99. The van der Waals surface area contributed by atoms with Crippen molar-refractivity contribution in [3.8, 4) is 5.75 Å². The van der Waals surface area contributed by atoms with Gasteiger partial charge in [0.2, 0.25) is 0 Å². The molecule has 0 amide bonds. The van der Waals surface area contributed by atoms with Gasteiger partial charge >= 0.3 is 0 Å². The van der Waals surface area contributed by atoms with E-state index in [0.29, 0.717) is 0 Å². The highest BCUT2D eigenvalue weighted by atomic mass is 32.1. The zero-order chi connectivity index (χ0) is 13.2. The summed E-state index contributed by atoms with van der Waals surface area (Å²) in [5.74, 6) is 0.726. The zero-order valence-corrected chi connectivity index (χ0v) is 11.4. The highest BCUT2D eigenvalue weighted by Gasteiger charge is 2.16. The molecule has 2 aromatic heterocycles. The number of ether oxygens (including phenoxy) is 1. The number of aromatic nitrogens is 1. The Balaban J connectivity index is 2.13. The first-order valence-corrected chi connectivity index (χ1v) is 6.89. The maximum absolute atomic E-state index is 6.42. The lowest BCUT2D eigenvalue weighted by Gasteiger charge is -2.16. The lowest BCUT2D eigenvalue weighted by molar-refractivity contribution is 0.406. The topological polar surface area (TPSA) is 48.1 Å². The van der Waals surface area contributed by atoms with Crippen LogP contribution in [0, 0.1) is 0 Å². The van der Waals surface area contributed by atoms with Crippen LogP contribution in [0.4, 0.5) is 0 Å². The molecule has 3 aromatic rings. The fraction of sp³-hybridized carbons (Fsp3) is 0.133. The molecule has 3 rings (SSSR count). The van der Waals surface area contributed by atoms with E-state index in [1.54, 1.807) is 30.8 Å². The van der Waals surface area contributed by atoms with Crippen LogP contribution < -0.4 is 10.5 Å². The molecule has 2 heterocycles. The first-order chi connectivity index (χ1) is 9.31. The molecule has 0 spiro atoms. The fourth-order valence-corrected chi connectivity index (χ4v) is 3.20. The molecule has 1 aromatic carbocycles. The Kier molecular flexibility index (Phi) is 3.19. The number of benzene rings is 1. The molecule has 1 unspecified atom stereocenters. The first-order valence-electron chi connectivity index (χ1n) is 6.01. The van der Waals surface area contributed by atoms with Crippen molar-refractivity contribution >= 4 is 21.4 Å². The molecule has 0 radical (unpaired) electrons. The minimum absolute atomic E-state index is 0.208. The van der Waals surface area contributed by atoms with Gasteiger partial charge in [0, 0.05) is 16.5 Å². The van der Waals surface area contributed by atoms with Gasteiger partial charge in [-0.2, -0.15) is 0 Å². The van der Waals surface area contributed by atoms with E-state index in [1.807, 2.05) is 12.1 Å². The molecule has 1 atom stereocenters. The zero-order valence-electron chi connectivity index (χ0n) is 10.5. The standard InChI is InChI=1S/C15H14N2OS/c1-18-13-9-17-7-5-11(13)14(16)12-4-2-3-10-6-8-19-15(10)12/h2-9,14H,16H2,1H3. The molecule has 3 nitrogen and oxygen atoms in total. The maximum atomic E-state index is 6.42. The third kappa shape index (κ3) is 2.09. The second-order valence-corrected chi connectivity index (χ2v) is 5.20. The molecule has 0 aliphatic carbocycles. The van der Waals surface area contributed by atoms with E-state index in [-0.39, 0.29) is 6.04 Å². The van der Waals surface area contributed by atoms with Crippen LogP contribution >= 0.6 is 11.3 Å². The average Bonchev–Trinajstić information content (AvgIpc) is 2.94. The number of pyridine rings is 1. The van der Waals surface area contributed by atoms with Crippen molar-refractivity contribution < 1.29 is 4.74 Å². The van der Waals surface area contributed by atoms with Crippen molar-refractivity contribution in [3.63, 3.8) is 0 Å². The smallest absolute Gasteiger partial charge is 0.142 e. The molecule has 0 saturated carbocycles. The molecule has 0 fully saturated rings. The van der Waals surface area contributed by atoms with E-state index < -0.39 is 0 Å². The number of nitrogens with two attached hydrogens (primary N) is 1. The van der Waals surface area contributed by atoms with Crippen molar-refractivity contribution in [1.29, 1.82) is 0 Å². The minimum atomic E-state index is -0.208. The van der Waals surface area contributed by atoms with Gasteiger partial charge in [0.25, 0.3) is 0 Å². The van der Waals surface area contributed by atoms with Crippen LogP contribution in [0.2, 0.25) is 0 Å². The van der Waals surface area contributed by atoms with Gasteiger partial charge in [-0.3, -0.25) is 4.98 Å². The summed E-state index contributed by atoms with van der Waals surface area (Å²) in [5, 5.41) is 3.32. The van der Waals surface area contributed by atoms with Gasteiger partial charge in [-0.05, 0) is 28.5 Å². The Morgan fingerprint density at radius 3 is 2.95 bits per heavy atom. The number of rotatable bonds is 3.